The van der Waals surface area contributed by atoms with Gasteiger partial charge < -0.3 is 10.3 Å². The summed E-state index contributed by atoms with van der Waals surface area (Å²) in [4.78, 5) is 5.74. The lowest BCUT2D eigenvalue weighted by molar-refractivity contribution is -0.137. The highest BCUT2D eigenvalue weighted by Gasteiger charge is 2.32. The standard InChI is InChI=1S/C12H19F3N4/c1-4-8(2)7-19(3)11-6-9(12(13,14)15)5-10(17-11)18-16/h5-6,8H,4,7,16H2,1-3H3,(H,17,18). The zero-order chi connectivity index (χ0) is 14.6. The van der Waals surface area contributed by atoms with E-state index in [0.29, 0.717) is 12.5 Å². The van der Waals surface area contributed by atoms with Crippen LogP contribution < -0.4 is 16.2 Å². The van der Waals surface area contributed by atoms with Gasteiger partial charge in [0.05, 0.1) is 5.56 Å². The molecule has 0 aromatic carbocycles. The van der Waals surface area contributed by atoms with Gasteiger partial charge in [-0.1, -0.05) is 20.3 Å². The minimum atomic E-state index is -4.42. The number of hydrazine groups is 1. The van der Waals surface area contributed by atoms with Crippen LogP contribution in [-0.4, -0.2) is 18.6 Å². The predicted molar refractivity (Wildman–Crippen MR) is 69.8 cm³/mol. The van der Waals surface area contributed by atoms with Gasteiger partial charge in [-0.2, -0.15) is 13.2 Å². The molecule has 1 heterocycles. The second kappa shape index (κ2) is 6.10. The SMILES string of the molecule is CCC(C)CN(C)c1cc(C(F)(F)F)cc(NN)n1. The molecular formula is C12H19F3N4. The van der Waals surface area contributed by atoms with Crippen molar-refractivity contribution in [3.05, 3.63) is 17.7 Å². The summed E-state index contributed by atoms with van der Waals surface area (Å²) in [5.74, 6) is 5.78. The molecule has 1 aromatic rings. The Bertz CT molecular complexity index is 420. The molecule has 0 aliphatic carbocycles. The zero-order valence-corrected chi connectivity index (χ0v) is 11.3. The first-order valence-corrected chi connectivity index (χ1v) is 6.05. The summed E-state index contributed by atoms with van der Waals surface area (Å²) >= 11 is 0. The molecular weight excluding hydrogens is 257 g/mol. The Kier molecular flexibility index (Phi) is 4.99. The van der Waals surface area contributed by atoms with Crippen molar-refractivity contribution in [2.75, 3.05) is 23.9 Å². The van der Waals surface area contributed by atoms with Crippen molar-refractivity contribution in [3.63, 3.8) is 0 Å². The van der Waals surface area contributed by atoms with Crippen LogP contribution in [0, 0.1) is 5.92 Å². The molecule has 0 spiro atoms. The first-order valence-electron chi connectivity index (χ1n) is 6.05. The summed E-state index contributed by atoms with van der Waals surface area (Å²) in [5, 5.41) is 0. The fourth-order valence-electron chi connectivity index (χ4n) is 1.64. The first-order chi connectivity index (χ1) is 8.77. The Morgan fingerprint density at radius 3 is 2.53 bits per heavy atom. The van der Waals surface area contributed by atoms with Gasteiger partial charge in [-0.25, -0.2) is 10.8 Å². The Morgan fingerprint density at radius 2 is 2.05 bits per heavy atom. The lowest BCUT2D eigenvalue weighted by atomic mass is 10.1. The molecule has 0 radical (unpaired) electrons. The molecule has 108 valence electrons. The Balaban J connectivity index is 3.06. The minimum Gasteiger partial charge on any atom is -0.359 e. The van der Waals surface area contributed by atoms with E-state index in [4.69, 9.17) is 5.84 Å². The average Bonchev–Trinajstić information content (AvgIpc) is 2.36. The largest absolute Gasteiger partial charge is 0.416 e. The third-order valence-electron chi connectivity index (χ3n) is 2.96. The Labute approximate surface area is 110 Å². The highest BCUT2D eigenvalue weighted by Crippen LogP contribution is 2.32. The molecule has 3 N–H and O–H groups in total. The lowest BCUT2D eigenvalue weighted by Gasteiger charge is -2.23. The number of anilines is 2. The maximum absolute atomic E-state index is 12.8. The van der Waals surface area contributed by atoms with Gasteiger partial charge in [0, 0.05) is 13.6 Å². The van der Waals surface area contributed by atoms with Crippen molar-refractivity contribution < 1.29 is 13.2 Å². The van der Waals surface area contributed by atoms with Crippen molar-refractivity contribution in [1.82, 2.24) is 4.98 Å². The number of nitrogens with one attached hydrogen (secondary N) is 1. The van der Waals surface area contributed by atoms with Crippen LogP contribution in [0.25, 0.3) is 0 Å². The number of pyridine rings is 1. The molecule has 0 saturated heterocycles. The number of alkyl halides is 3. The van der Waals surface area contributed by atoms with Crippen LogP contribution in [0.15, 0.2) is 12.1 Å². The average molecular weight is 276 g/mol. The predicted octanol–water partition coefficient (Wildman–Crippen LogP) is 2.87. The molecule has 0 bridgehead atoms. The molecule has 7 heteroatoms. The van der Waals surface area contributed by atoms with E-state index in [0.717, 1.165) is 18.6 Å². The summed E-state index contributed by atoms with van der Waals surface area (Å²) < 4.78 is 38.3. The number of nitrogens with two attached hydrogens (primary N) is 1. The van der Waals surface area contributed by atoms with E-state index in [9.17, 15) is 13.2 Å². The minimum absolute atomic E-state index is 0.000765. The van der Waals surface area contributed by atoms with Crippen LogP contribution >= 0.6 is 0 Å². The number of hydrogen-bond acceptors (Lipinski definition) is 4. The molecule has 1 rings (SSSR count). The molecule has 0 aliphatic heterocycles. The normalized spacial score (nSPS) is 13.2. The monoisotopic (exact) mass is 276 g/mol. The molecule has 0 saturated carbocycles. The number of hydrogen-bond donors (Lipinski definition) is 2. The van der Waals surface area contributed by atoms with Crippen molar-refractivity contribution in [1.29, 1.82) is 0 Å². The van der Waals surface area contributed by atoms with Crippen molar-refractivity contribution in [2.24, 2.45) is 11.8 Å². The van der Waals surface area contributed by atoms with Crippen LogP contribution in [0.2, 0.25) is 0 Å². The number of nitrogens with zero attached hydrogens (tertiary/aromatic N) is 2. The summed E-state index contributed by atoms with van der Waals surface area (Å²) in [7, 11) is 1.72. The third kappa shape index (κ3) is 4.27. The first kappa shape index (κ1) is 15.6. The van der Waals surface area contributed by atoms with Gasteiger partial charge in [0.25, 0.3) is 0 Å². The van der Waals surface area contributed by atoms with Gasteiger partial charge in [-0.3, -0.25) is 0 Å². The highest BCUT2D eigenvalue weighted by atomic mass is 19.4. The number of rotatable bonds is 5. The molecule has 1 unspecified atom stereocenters. The Hall–Kier alpha value is -1.50. The second-order valence-electron chi connectivity index (χ2n) is 4.64. The second-order valence-corrected chi connectivity index (χ2v) is 4.64. The van der Waals surface area contributed by atoms with E-state index >= 15 is 0 Å². The quantitative estimate of drug-likeness (QED) is 0.641. The fraction of sp³-hybridized carbons (Fsp3) is 0.583. The van der Waals surface area contributed by atoms with E-state index in [2.05, 4.69) is 10.4 Å². The Morgan fingerprint density at radius 1 is 1.42 bits per heavy atom. The number of halogens is 3. The van der Waals surface area contributed by atoms with Crippen molar-refractivity contribution >= 4 is 11.6 Å². The van der Waals surface area contributed by atoms with E-state index in [1.165, 1.54) is 0 Å². The van der Waals surface area contributed by atoms with E-state index in [-0.39, 0.29) is 11.6 Å². The maximum Gasteiger partial charge on any atom is 0.416 e. The fourth-order valence-corrected chi connectivity index (χ4v) is 1.64. The molecule has 1 aromatic heterocycles. The van der Waals surface area contributed by atoms with Gasteiger partial charge in [0.15, 0.2) is 0 Å². The summed E-state index contributed by atoms with van der Waals surface area (Å²) in [6, 6.07) is 1.92. The smallest absolute Gasteiger partial charge is 0.359 e. The molecule has 1 atom stereocenters. The van der Waals surface area contributed by atoms with Crippen LogP contribution in [0.4, 0.5) is 24.8 Å². The highest BCUT2D eigenvalue weighted by molar-refractivity contribution is 5.50. The molecule has 19 heavy (non-hydrogen) atoms. The van der Waals surface area contributed by atoms with Crippen LogP contribution in [0.5, 0.6) is 0 Å². The molecule has 0 aliphatic rings. The van der Waals surface area contributed by atoms with E-state index < -0.39 is 11.7 Å². The van der Waals surface area contributed by atoms with Crippen LogP contribution in [0.3, 0.4) is 0 Å². The summed E-state index contributed by atoms with van der Waals surface area (Å²) in [5.41, 5.74) is 1.40. The summed E-state index contributed by atoms with van der Waals surface area (Å²) in [6.45, 7) is 4.70. The van der Waals surface area contributed by atoms with E-state index in [1.54, 1.807) is 11.9 Å². The van der Waals surface area contributed by atoms with E-state index in [1.807, 2.05) is 13.8 Å². The molecule has 4 nitrogen and oxygen atoms in total. The number of aromatic nitrogens is 1. The van der Waals surface area contributed by atoms with Crippen LogP contribution in [0.1, 0.15) is 25.8 Å². The zero-order valence-electron chi connectivity index (χ0n) is 11.3. The van der Waals surface area contributed by atoms with Gasteiger partial charge in [-0.05, 0) is 18.1 Å². The maximum atomic E-state index is 12.8. The molecule has 0 fully saturated rings. The number of nitrogen functional groups attached to an aromatic ring is 1. The van der Waals surface area contributed by atoms with Gasteiger partial charge in [0.2, 0.25) is 0 Å². The lowest BCUT2D eigenvalue weighted by Crippen LogP contribution is -2.25. The topological polar surface area (TPSA) is 54.2 Å². The molecule has 0 amide bonds. The van der Waals surface area contributed by atoms with Crippen molar-refractivity contribution in [3.8, 4) is 0 Å². The van der Waals surface area contributed by atoms with Crippen LogP contribution in [-0.2, 0) is 6.18 Å². The third-order valence-corrected chi connectivity index (χ3v) is 2.96. The summed E-state index contributed by atoms with van der Waals surface area (Å²) in [6.07, 6.45) is -3.47. The van der Waals surface area contributed by atoms with Gasteiger partial charge in [-0.15, -0.1) is 0 Å². The van der Waals surface area contributed by atoms with Crippen molar-refractivity contribution in [2.45, 2.75) is 26.4 Å². The van der Waals surface area contributed by atoms with Gasteiger partial charge in [0.1, 0.15) is 11.6 Å². The van der Waals surface area contributed by atoms with Gasteiger partial charge >= 0.3 is 6.18 Å².